The topological polar surface area (TPSA) is 76.0 Å². The number of thiazole rings is 1. The van der Waals surface area contributed by atoms with Crippen molar-refractivity contribution in [2.45, 2.75) is 46.3 Å². The Morgan fingerprint density at radius 3 is 2.71 bits per heavy atom. The largest absolute Gasteiger partial charge is 0.352 e. The van der Waals surface area contributed by atoms with Crippen molar-refractivity contribution in [1.82, 2.24) is 20.2 Å². The number of benzene rings is 1. The molecule has 0 saturated carbocycles. The molecule has 0 bridgehead atoms. The van der Waals surface area contributed by atoms with Crippen molar-refractivity contribution < 1.29 is 4.79 Å². The molecule has 31 heavy (non-hydrogen) atoms. The van der Waals surface area contributed by atoms with Crippen LogP contribution in [0.15, 0.2) is 40.6 Å². The summed E-state index contributed by atoms with van der Waals surface area (Å²) in [6.07, 6.45) is 2.51. The van der Waals surface area contributed by atoms with Gasteiger partial charge in [0, 0.05) is 48.2 Å². The van der Waals surface area contributed by atoms with Gasteiger partial charge >= 0.3 is 0 Å². The number of carbonyl (C=O) groups excluding carboxylic acids is 1. The molecule has 2 heterocycles. The molecule has 0 aliphatic carbocycles. The Morgan fingerprint density at radius 1 is 1.19 bits per heavy atom. The third kappa shape index (κ3) is 6.26. The van der Waals surface area contributed by atoms with E-state index in [9.17, 15) is 9.59 Å². The number of carbonyl (C=O) groups is 1. The smallest absolute Gasteiger partial charge is 0.254 e. The number of rotatable bonds is 9. The average molecular weight is 459 g/mol. The van der Waals surface area contributed by atoms with E-state index in [1.54, 1.807) is 22.1 Å². The van der Waals surface area contributed by atoms with Crippen LogP contribution in [-0.2, 0) is 37.3 Å². The van der Waals surface area contributed by atoms with Gasteiger partial charge in [0.15, 0.2) is 0 Å². The molecular weight excluding hydrogens is 432 g/mol. The Labute approximate surface area is 191 Å². The molecule has 0 spiro atoms. The van der Waals surface area contributed by atoms with Gasteiger partial charge in [0.25, 0.3) is 5.56 Å². The summed E-state index contributed by atoms with van der Waals surface area (Å²) in [7, 11) is 1.87. The second kappa shape index (κ2) is 10.7. The second-order valence-corrected chi connectivity index (χ2v) is 8.98. The van der Waals surface area contributed by atoms with Crippen LogP contribution in [0.2, 0.25) is 5.02 Å². The van der Waals surface area contributed by atoms with E-state index in [1.807, 2.05) is 50.5 Å². The van der Waals surface area contributed by atoms with Crippen LogP contribution in [0.1, 0.15) is 33.0 Å². The number of amides is 1. The fourth-order valence-corrected chi connectivity index (χ4v) is 4.24. The summed E-state index contributed by atoms with van der Waals surface area (Å²) in [5.41, 5.74) is 4.23. The van der Waals surface area contributed by atoms with Crippen LogP contribution < -0.4 is 16.2 Å². The van der Waals surface area contributed by atoms with Gasteiger partial charge in [-0.2, -0.15) is 0 Å². The number of aromatic nitrogens is 2. The number of halogens is 1. The van der Waals surface area contributed by atoms with Crippen molar-refractivity contribution in [1.29, 1.82) is 0 Å². The predicted molar refractivity (Wildman–Crippen MR) is 126 cm³/mol. The number of hydrogen-bond donors (Lipinski definition) is 2. The lowest BCUT2D eigenvalue weighted by Gasteiger charge is -2.13. The van der Waals surface area contributed by atoms with Gasteiger partial charge in [-0.3, -0.25) is 9.59 Å². The molecule has 0 fully saturated rings. The SMILES string of the molecule is CNCc1ccc(Cl)cc1CNC(=O)Cc1c(C)ccn(CCc2csc(C)n2)c1=O. The number of hydrogen-bond acceptors (Lipinski definition) is 5. The van der Waals surface area contributed by atoms with Crippen LogP contribution in [0.5, 0.6) is 0 Å². The first-order valence-corrected chi connectivity index (χ1v) is 11.4. The minimum absolute atomic E-state index is 0.0449. The zero-order valence-corrected chi connectivity index (χ0v) is 19.6. The minimum Gasteiger partial charge on any atom is -0.352 e. The van der Waals surface area contributed by atoms with Gasteiger partial charge in [0.1, 0.15) is 0 Å². The van der Waals surface area contributed by atoms with E-state index in [0.717, 1.165) is 27.4 Å². The van der Waals surface area contributed by atoms with Crippen LogP contribution in [0, 0.1) is 13.8 Å². The van der Waals surface area contributed by atoms with E-state index in [4.69, 9.17) is 11.6 Å². The molecule has 2 N–H and O–H groups in total. The van der Waals surface area contributed by atoms with Gasteiger partial charge in [-0.25, -0.2) is 4.98 Å². The van der Waals surface area contributed by atoms with Gasteiger partial charge in [-0.15, -0.1) is 11.3 Å². The molecule has 0 aliphatic rings. The first-order chi connectivity index (χ1) is 14.9. The molecular formula is C23H27ClN4O2S. The Bertz CT molecular complexity index is 1120. The van der Waals surface area contributed by atoms with Crippen molar-refractivity contribution in [2.75, 3.05) is 7.05 Å². The average Bonchev–Trinajstić information content (AvgIpc) is 3.16. The first kappa shape index (κ1) is 23.2. The molecule has 0 unspecified atom stereocenters. The highest BCUT2D eigenvalue weighted by atomic mass is 35.5. The summed E-state index contributed by atoms with van der Waals surface area (Å²) < 4.78 is 1.66. The number of pyridine rings is 1. The molecule has 1 aromatic carbocycles. The zero-order valence-electron chi connectivity index (χ0n) is 18.0. The predicted octanol–water partition coefficient (Wildman–Crippen LogP) is 3.40. The summed E-state index contributed by atoms with van der Waals surface area (Å²) in [6.45, 7) is 5.41. The Hall–Kier alpha value is -2.48. The molecule has 164 valence electrons. The van der Waals surface area contributed by atoms with Crippen molar-refractivity contribution in [3.05, 3.63) is 84.2 Å². The van der Waals surface area contributed by atoms with E-state index in [1.165, 1.54) is 0 Å². The van der Waals surface area contributed by atoms with Crippen molar-refractivity contribution in [3.63, 3.8) is 0 Å². The highest BCUT2D eigenvalue weighted by Crippen LogP contribution is 2.16. The maximum Gasteiger partial charge on any atom is 0.254 e. The van der Waals surface area contributed by atoms with E-state index < -0.39 is 0 Å². The highest BCUT2D eigenvalue weighted by molar-refractivity contribution is 7.09. The van der Waals surface area contributed by atoms with Gasteiger partial charge in [-0.05, 0) is 55.8 Å². The van der Waals surface area contributed by atoms with Gasteiger partial charge in [-0.1, -0.05) is 17.7 Å². The van der Waals surface area contributed by atoms with E-state index >= 15 is 0 Å². The van der Waals surface area contributed by atoms with Crippen LogP contribution in [0.4, 0.5) is 0 Å². The minimum atomic E-state index is -0.191. The summed E-state index contributed by atoms with van der Waals surface area (Å²) in [6, 6.07) is 7.53. The highest BCUT2D eigenvalue weighted by Gasteiger charge is 2.13. The summed E-state index contributed by atoms with van der Waals surface area (Å²) in [5, 5.41) is 9.70. The van der Waals surface area contributed by atoms with Gasteiger partial charge < -0.3 is 15.2 Å². The molecule has 6 nitrogen and oxygen atoms in total. The van der Waals surface area contributed by atoms with Crippen LogP contribution >= 0.6 is 22.9 Å². The standard InChI is InChI=1S/C23H27ClN4O2S/c1-15-6-8-28(9-7-20-14-31-16(2)27-20)23(30)21(15)11-22(29)26-13-18-10-19(24)5-4-17(18)12-25-3/h4-6,8,10,14,25H,7,9,11-13H2,1-3H3,(H,26,29). The van der Waals surface area contributed by atoms with Crippen molar-refractivity contribution >= 4 is 28.8 Å². The summed E-state index contributed by atoms with van der Waals surface area (Å²) in [4.78, 5) is 30.0. The van der Waals surface area contributed by atoms with Crippen LogP contribution in [-0.4, -0.2) is 22.5 Å². The molecule has 1 amide bonds. The molecule has 2 aromatic heterocycles. The normalized spacial score (nSPS) is 11.0. The van der Waals surface area contributed by atoms with Gasteiger partial charge in [0.2, 0.25) is 5.91 Å². The fourth-order valence-electron chi connectivity index (χ4n) is 3.40. The summed E-state index contributed by atoms with van der Waals surface area (Å²) >= 11 is 7.72. The number of aryl methyl sites for hydroxylation is 4. The van der Waals surface area contributed by atoms with E-state index in [2.05, 4.69) is 15.6 Å². The van der Waals surface area contributed by atoms with Crippen molar-refractivity contribution in [3.8, 4) is 0 Å². The molecule has 0 radical (unpaired) electrons. The fraction of sp³-hybridized carbons (Fsp3) is 0.348. The second-order valence-electron chi connectivity index (χ2n) is 7.48. The Balaban J connectivity index is 1.67. The van der Waals surface area contributed by atoms with E-state index in [-0.39, 0.29) is 17.9 Å². The quantitative estimate of drug-likeness (QED) is 0.515. The Kier molecular flexibility index (Phi) is 8.01. The number of nitrogens with zero attached hydrogens (tertiary/aromatic N) is 2. The lowest BCUT2D eigenvalue weighted by atomic mass is 10.1. The Morgan fingerprint density at radius 2 is 2.00 bits per heavy atom. The van der Waals surface area contributed by atoms with Gasteiger partial charge in [0.05, 0.1) is 17.1 Å². The molecule has 0 atom stereocenters. The molecule has 8 heteroatoms. The van der Waals surface area contributed by atoms with E-state index in [0.29, 0.717) is 36.6 Å². The number of nitrogens with one attached hydrogen (secondary N) is 2. The monoisotopic (exact) mass is 458 g/mol. The first-order valence-electron chi connectivity index (χ1n) is 10.2. The molecule has 3 rings (SSSR count). The molecule has 0 aliphatic heterocycles. The third-order valence-electron chi connectivity index (χ3n) is 5.12. The zero-order chi connectivity index (χ0) is 22.4. The maximum absolute atomic E-state index is 12.9. The lowest BCUT2D eigenvalue weighted by molar-refractivity contribution is -0.120. The van der Waals surface area contributed by atoms with Crippen LogP contribution in [0.3, 0.4) is 0 Å². The molecule has 0 saturated heterocycles. The lowest BCUT2D eigenvalue weighted by Crippen LogP contribution is -2.31. The van der Waals surface area contributed by atoms with Crippen molar-refractivity contribution in [2.24, 2.45) is 0 Å². The maximum atomic E-state index is 12.9. The molecule has 3 aromatic rings. The van der Waals surface area contributed by atoms with Crippen LogP contribution in [0.25, 0.3) is 0 Å². The third-order valence-corrected chi connectivity index (χ3v) is 6.18. The summed E-state index contributed by atoms with van der Waals surface area (Å²) in [5.74, 6) is -0.191.